The van der Waals surface area contributed by atoms with Crippen LogP contribution in [0.25, 0.3) is 0 Å². The highest BCUT2D eigenvalue weighted by Crippen LogP contribution is 2.49. The van der Waals surface area contributed by atoms with Crippen LogP contribution in [0.4, 0.5) is 16.3 Å². The molecule has 0 bridgehead atoms. The summed E-state index contributed by atoms with van der Waals surface area (Å²) in [6, 6.07) is 11.3. The predicted molar refractivity (Wildman–Crippen MR) is 120 cm³/mol. The summed E-state index contributed by atoms with van der Waals surface area (Å²) >= 11 is 0. The van der Waals surface area contributed by atoms with E-state index in [0.717, 1.165) is 29.8 Å². The van der Waals surface area contributed by atoms with Gasteiger partial charge < -0.3 is 15.0 Å². The van der Waals surface area contributed by atoms with E-state index >= 15 is 0 Å². The molecule has 7 nitrogen and oxygen atoms in total. The molecule has 3 amide bonds. The first-order valence-corrected chi connectivity index (χ1v) is 10.7. The molecule has 2 heterocycles. The highest BCUT2D eigenvalue weighted by molar-refractivity contribution is 6.22. The minimum atomic E-state index is -0.949. The van der Waals surface area contributed by atoms with Crippen LogP contribution in [0.3, 0.4) is 0 Å². The first-order chi connectivity index (χ1) is 14.7. The predicted octanol–water partition coefficient (Wildman–Crippen LogP) is 4.28. The lowest BCUT2D eigenvalue weighted by atomic mass is 10.0. The fourth-order valence-corrected chi connectivity index (χ4v) is 4.10. The van der Waals surface area contributed by atoms with Gasteiger partial charge in [-0.15, -0.1) is 0 Å². The second-order valence-electron chi connectivity index (χ2n) is 9.16. The summed E-state index contributed by atoms with van der Waals surface area (Å²) in [6.45, 7) is 8.00. The summed E-state index contributed by atoms with van der Waals surface area (Å²) in [5, 5.41) is 3.27. The maximum absolute atomic E-state index is 13.3. The largest absolute Gasteiger partial charge is 0.374 e. The van der Waals surface area contributed by atoms with Crippen molar-refractivity contribution in [3.05, 3.63) is 53.7 Å². The van der Waals surface area contributed by atoms with Gasteiger partial charge in [-0.2, -0.15) is 0 Å². The van der Waals surface area contributed by atoms with Crippen LogP contribution in [-0.4, -0.2) is 40.5 Å². The third-order valence-electron chi connectivity index (χ3n) is 6.17. The van der Waals surface area contributed by atoms with Crippen molar-refractivity contribution in [1.82, 2.24) is 9.88 Å². The number of methoxy groups -OCH3 is 1. The number of nitrogens with one attached hydrogen (secondary N) is 1. The van der Waals surface area contributed by atoms with Crippen molar-refractivity contribution >= 4 is 23.4 Å². The number of nitrogens with zero attached hydrogens (tertiary/aromatic N) is 3. The van der Waals surface area contributed by atoms with Crippen molar-refractivity contribution in [3.63, 3.8) is 0 Å². The third-order valence-corrected chi connectivity index (χ3v) is 6.17. The number of rotatable bonds is 7. The lowest BCUT2D eigenvalue weighted by molar-refractivity contribution is -0.123. The molecule has 164 valence electrons. The zero-order valence-corrected chi connectivity index (χ0v) is 18.8. The molecule has 1 aliphatic carbocycles. The zero-order chi connectivity index (χ0) is 22.4. The van der Waals surface area contributed by atoms with Gasteiger partial charge in [-0.1, -0.05) is 12.1 Å². The van der Waals surface area contributed by atoms with Crippen molar-refractivity contribution in [1.29, 1.82) is 0 Å². The molecule has 1 N–H and O–H groups in total. The molecule has 2 aliphatic rings. The smallest absolute Gasteiger partial charge is 0.332 e. The number of imide groups is 1. The van der Waals surface area contributed by atoms with E-state index in [0.29, 0.717) is 12.2 Å². The van der Waals surface area contributed by atoms with Crippen molar-refractivity contribution in [2.75, 3.05) is 17.3 Å². The van der Waals surface area contributed by atoms with E-state index in [-0.39, 0.29) is 23.6 Å². The number of anilines is 2. The Morgan fingerprint density at radius 3 is 2.39 bits per heavy atom. The molecule has 1 aromatic carbocycles. The Balaban J connectivity index is 1.57. The average Bonchev–Trinajstić information content (AvgIpc) is 3.50. The maximum Gasteiger partial charge on any atom is 0.332 e. The molecule has 0 radical (unpaired) electrons. The average molecular weight is 423 g/mol. The summed E-state index contributed by atoms with van der Waals surface area (Å²) in [5.74, 6) is 0.524. The van der Waals surface area contributed by atoms with Crippen LogP contribution in [0.1, 0.15) is 51.7 Å². The summed E-state index contributed by atoms with van der Waals surface area (Å²) in [4.78, 5) is 33.8. The van der Waals surface area contributed by atoms with Crippen LogP contribution >= 0.6 is 0 Å². The molecule has 31 heavy (non-hydrogen) atoms. The number of carbonyl (C=O) groups excluding carboxylic acids is 2. The summed E-state index contributed by atoms with van der Waals surface area (Å²) in [5.41, 5.74) is 1.43. The van der Waals surface area contributed by atoms with Gasteiger partial charge in [-0.05, 0) is 75.9 Å². The zero-order valence-electron chi connectivity index (χ0n) is 18.8. The minimum absolute atomic E-state index is 0.202. The Hall–Kier alpha value is -2.93. The standard InChI is InChI=1S/C24H30N4O3/c1-16(2)26-20-14-17(10-13-25-20)15-27-22(30)28(21(29)23(27,3)4)19-8-6-18(7-9-19)24(31-5)11-12-24/h6-10,13-14,16H,11-12,15H2,1-5H3,(H,25,26). The Morgan fingerprint density at radius 1 is 1.13 bits per heavy atom. The molecule has 0 unspecified atom stereocenters. The third kappa shape index (κ3) is 3.78. The molecule has 7 heteroatoms. The van der Waals surface area contributed by atoms with E-state index in [9.17, 15) is 9.59 Å². The SMILES string of the molecule is COC1(c2ccc(N3C(=O)N(Cc4ccnc(NC(C)C)c4)C(C)(C)C3=O)cc2)CC1. The molecule has 1 aromatic heterocycles. The topological polar surface area (TPSA) is 74.8 Å². The molecule has 2 fully saturated rings. The van der Waals surface area contributed by atoms with Crippen LogP contribution in [-0.2, 0) is 21.7 Å². The van der Waals surface area contributed by atoms with Crippen molar-refractivity contribution < 1.29 is 14.3 Å². The van der Waals surface area contributed by atoms with E-state index in [1.165, 1.54) is 4.90 Å². The van der Waals surface area contributed by atoms with Gasteiger partial charge in [0, 0.05) is 25.9 Å². The van der Waals surface area contributed by atoms with Gasteiger partial charge in [0.2, 0.25) is 0 Å². The van der Waals surface area contributed by atoms with Gasteiger partial charge in [-0.3, -0.25) is 4.79 Å². The quantitative estimate of drug-likeness (QED) is 0.674. The number of urea groups is 1. The van der Waals surface area contributed by atoms with Crippen LogP contribution in [0, 0.1) is 0 Å². The van der Waals surface area contributed by atoms with Crippen LogP contribution in [0.5, 0.6) is 0 Å². The van der Waals surface area contributed by atoms with Gasteiger partial charge in [0.25, 0.3) is 5.91 Å². The van der Waals surface area contributed by atoms with Gasteiger partial charge in [0.1, 0.15) is 11.4 Å². The highest BCUT2D eigenvalue weighted by Gasteiger charge is 2.52. The molecular formula is C24H30N4O3. The van der Waals surface area contributed by atoms with Crippen molar-refractivity contribution in [2.45, 2.75) is 64.3 Å². The summed E-state index contributed by atoms with van der Waals surface area (Å²) in [6.07, 6.45) is 3.70. The number of amides is 3. The Kier molecular flexibility index (Phi) is 5.25. The maximum atomic E-state index is 13.3. The highest BCUT2D eigenvalue weighted by atomic mass is 16.5. The van der Waals surface area contributed by atoms with Gasteiger partial charge in [0.05, 0.1) is 11.3 Å². The molecule has 1 saturated carbocycles. The summed E-state index contributed by atoms with van der Waals surface area (Å²) in [7, 11) is 1.72. The van der Waals surface area contributed by atoms with Gasteiger partial charge >= 0.3 is 6.03 Å². The fraction of sp³-hybridized carbons (Fsp3) is 0.458. The molecule has 0 spiro atoms. The lowest BCUT2D eigenvalue weighted by Crippen LogP contribution is -2.43. The number of pyridine rings is 1. The first-order valence-electron chi connectivity index (χ1n) is 10.7. The number of carbonyl (C=O) groups is 2. The molecule has 0 atom stereocenters. The summed E-state index contributed by atoms with van der Waals surface area (Å²) < 4.78 is 5.63. The van der Waals surface area contributed by atoms with Crippen LogP contribution in [0.2, 0.25) is 0 Å². The van der Waals surface area contributed by atoms with E-state index in [2.05, 4.69) is 10.3 Å². The number of ether oxygens (including phenoxy) is 1. The van der Waals surface area contributed by atoms with Gasteiger partial charge in [0.15, 0.2) is 0 Å². The molecule has 4 rings (SSSR count). The van der Waals surface area contributed by atoms with Crippen LogP contribution in [0.15, 0.2) is 42.6 Å². The second kappa shape index (κ2) is 7.64. The Morgan fingerprint density at radius 2 is 1.81 bits per heavy atom. The lowest BCUT2D eigenvalue weighted by Gasteiger charge is -2.27. The molecule has 2 aromatic rings. The van der Waals surface area contributed by atoms with E-state index in [1.807, 2.05) is 50.2 Å². The Labute approximate surface area is 183 Å². The van der Waals surface area contributed by atoms with Crippen molar-refractivity contribution in [3.8, 4) is 0 Å². The first kappa shape index (κ1) is 21.3. The van der Waals surface area contributed by atoms with E-state index in [4.69, 9.17) is 4.74 Å². The number of benzene rings is 1. The second-order valence-corrected chi connectivity index (χ2v) is 9.16. The Bertz CT molecular complexity index is 996. The molecule has 1 saturated heterocycles. The van der Waals surface area contributed by atoms with Crippen LogP contribution < -0.4 is 10.2 Å². The normalized spacial score (nSPS) is 19.3. The monoisotopic (exact) mass is 422 g/mol. The molecule has 1 aliphatic heterocycles. The molecular weight excluding hydrogens is 392 g/mol. The number of aromatic nitrogens is 1. The fourth-order valence-electron chi connectivity index (χ4n) is 4.10. The number of hydrogen-bond donors (Lipinski definition) is 1. The minimum Gasteiger partial charge on any atom is -0.374 e. The van der Waals surface area contributed by atoms with Crippen molar-refractivity contribution in [2.24, 2.45) is 0 Å². The van der Waals surface area contributed by atoms with E-state index < -0.39 is 5.54 Å². The van der Waals surface area contributed by atoms with Gasteiger partial charge in [-0.25, -0.2) is 14.7 Å². The van der Waals surface area contributed by atoms with E-state index in [1.54, 1.807) is 32.1 Å². The number of hydrogen-bond acceptors (Lipinski definition) is 5.